The highest BCUT2D eigenvalue weighted by molar-refractivity contribution is 4.47. The van der Waals surface area contributed by atoms with Crippen LogP contribution in [0.1, 0.15) is 0 Å². The van der Waals surface area contributed by atoms with Gasteiger partial charge in [0.1, 0.15) is 13.3 Å². The summed E-state index contributed by atoms with van der Waals surface area (Å²) in [6.07, 6.45) is -1.56. The number of hydrogen-bond acceptors (Lipinski definition) is 2. The minimum Gasteiger partial charge on any atom is -0.301 e. The van der Waals surface area contributed by atoms with Crippen LogP contribution in [0.3, 0.4) is 0 Å². The van der Waals surface area contributed by atoms with Gasteiger partial charge in [0.25, 0.3) is 0 Å². The van der Waals surface area contributed by atoms with E-state index < -0.39 is 12.8 Å². The molecule has 0 aliphatic heterocycles. The van der Waals surface area contributed by atoms with E-state index in [0.717, 1.165) is 0 Å². The minimum absolute atomic E-state index is 0.365. The largest absolute Gasteiger partial charge is 0.301 e. The van der Waals surface area contributed by atoms with Crippen LogP contribution in [0.25, 0.3) is 0 Å². The second-order valence-corrected chi connectivity index (χ2v) is 1.08. The van der Waals surface area contributed by atoms with Crippen molar-refractivity contribution in [3.8, 4) is 0 Å². The summed E-state index contributed by atoms with van der Waals surface area (Å²) >= 11 is 0. The van der Waals surface area contributed by atoms with Crippen molar-refractivity contribution in [3.05, 3.63) is 0 Å². The molecule has 0 aromatic carbocycles. The molecule has 0 saturated carbocycles. The molecular weight excluding hydrogens is 104 g/mol. The molecule has 44 valence electrons. The zero-order chi connectivity index (χ0) is 5.70. The second kappa shape index (κ2) is 3.95. The Kier molecular flexibility index (Phi) is 3.83. The van der Waals surface area contributed by atoms with Crippen LogP contribution in [0.5, 0.6) is 0 Å². The van der Waals surface area contributed by atoms with E-state index in [1.165, 1.54) is 0 Å². The molecule has 0 aromatic heterocycles. The van der Waals surface area contributed by atoms with Gasteiger partial charge in [-0.2, -0.15) is 0 Å². The van der Waals surface area contributed by atoms with Gasteiger partial charge in [0.2, 0.25) is 0 Å². The van der Waals surface area contributed by atoms with Gasteiger partial charge in [-0.25, -0.2) is 14.7 Å². The molecule has 0 aliphatic rings. The summed E-state index contributed by atoms with van der Waals surface area (Å²) < 4.78 is 22.6. The van der Waals surface area contributed by atoms with E-state index in [0.29, 0.717) is 0 Å². The Labute approximate surface area is 40.2 Å². The third kappa shape index (κ3) is 3.61. The van der Waals surface area contributed by atoms with Gasteiger partial charge < -0.3 is 4.84 Å². The first-order valence-corrected chi connectivity index (χ1v) is 1.83. The molecule has 0 spiro atoms. The summed E-state index contributed by atoms with van der Waals surface area (Å²) in [6.45, 7) is -1.40. The standard InChI is InChI=1S/C3H7F2NO/c4-1-3(5)2-7-6/h3H,1-2,6H2. The van der Waals surface area contributed by atoms with E-state index in [1.54, 1.807) is 0 Å². The van der Waals surface area contributed by atoms with Crippen molar-refractivity contribution in [2.75, 3.05) is 13.3 Å². The number of halogens is 2. The maximum atomic E-state index is 11.6. The molecule has 0 aliphatic carbocycles. The smallest absolute Gasteiger partial charge is 0.153 e. The zero-order valence-corrected chi connectivity index (χ0v) is 3.73. The van der Waals surface area contributed by atoms with Gasteiger partial charge in [-0.1, -0.05) is 0 Å². The number of nitrogens with two attached hydrogens (primary N) is 1. The van der Waals surface area contributed by atoms with E-state index in [-0.39, 0.29) is 6.61 Å². The normalized spacial score (nSPS) is 14.1. The van der Waals surface area contributed by atoms with Gasteiger partial charge in [0, 0.05) is 0 Å². The van der Waals surface area contributed by atoms with Crippen LogP contribution in [0, 0.1) is 0 Å². The van der Waals surface area contributed by atoms with E-state index in [4.69, 9.17) is 0 Å². The molecule has 0 radical (unpaired) electrons. The summed E-state index contributed by atoms with van der Waals surface area (Å²) in [5.41, 5.74) is 0. The minimum atomic E-state index is -1.56. The lowest BCUT2D eigenvalue weighted by atomic mass is 10.5. The molecule has 2 N–H and O–H groups in total. The van der Waals surface area contributed by atoms with Gasteiger partial charge in [-0.3, -0.25) is 0 Å². The lowest BCUT2D eigenvalue weighted by Gasteiger charge is -1.96. The molecule has 1 atom stereocenters. The Morgan fingerprint density at radius 2 is 2.29 bits per heavy atom. The topological polar surface area (TPSA) is 35.2 Å². The predicted molar refractivity (Wildman–Crippen MR) is 21.0 cm³/mol. The van der Waals surface area contributed by atoms with Gasteiger partial charge in [-0.05, 0) is 0 Å². The molecule has 1 unspecified atom stereocenters. The van der Waals surface area contributed by atoms with E-state index in [1.807, 2.05) is 0 Å². The number of hydrogen-bond donors (Lipinski definition) is 1. The maximum absolute atomic E-state index is 11.6. The molecule has 0 aromatic rings. The fourth-order valence-electron chi connectivity index (χ4n) is 0.149. The molecule has 2 nitrogen and oxygen atoms in total. The van der Waals surface area contributed by atoms with Crippen LogP contribution in [-0.2, 0) is 4.84 Å². The highest BCUT2D eigenvalue weighted by atomic mass is 19.2. The van der Waals surface area contributed by atoms with Crippen molar-refractivity contribution < 1.29 is 13.6 Å². The van der Waals surface area contributed by atoms with Crippen LogP contribution >= 0.6 is 0 Å². The van der Waals surface area contributed by atoms with E-state index >= 15 is 0 Å². The fourth-order valence-corrected chi connectivity index (χ4v) is 0.149. The summed E-state index contributed by atoms with van der Waals surface area (Å²) in [5, 5.41) is 0. The summed E-state index contributed by atoms with van der Waals surface area (Å²) in [6, 6.07) is 0. The Balaban J connectivity index is 2.83. The van der Waals surface area contributed by atoms with Crippen molar-refractivity contribution in [2.45, 2.75) is 6.17 Å². The summed E-state index contributed by atoms with van der Waals surface area (Å²) in [5.74, 6) is 4.40. The Morgan fingerprint density at radius 3 is 2.43 bits per heavy atom. The Morgan fingerprint density at radius 1 is 1.71 bits per heavy atom. The lowest BCUT2D eigenvalue weighted by Crippen LogP contribution is -2.14. The first kappa shape index (κ1) is 6.78. The third-order valence-corrected chi connectivity index (χ3v) is 0.445. The molecule has 4 heteroatoms. The summed E-state index contributed by atoms with van der Waals surface area (Å²) in [7, 11) is 0. The quantitative estimate of drug-likeness (QED) is 0.527. The van der Waals surface area contributed by atoms with Crippen molar-refractivity contribution >= 4 is 0 Å². The molecule has 0 fully saturated rings. The molecule has 0 saturated heterocycles. The maximum Gasteiger partial charge on any atom is 0.153 e. The SMILES string of the molecule is NOCC(F)CF. The first-order valence-electron chi connectivity index (χ1n) is 1.83. The molecular formula is C3H7F2NO. The predicted octanol–water partition coefficient (Wildman–Crippen LogP) is 0.184. The average Bonchev–Trinajstić information content (AvgIpc) is 1.68. The number of alkyl halides is 2. The van der Waals surface area contributed by atoms with Crippen LogP contribution in [0.4, 0.5) is 8.78 Å². The van der Waals surface area contributed by atoms with Crippen molar-refractivity contribution in [2.24, 2.45) is 5.90 Å². The Hall–Kier alpha value is -0.220. The lowest BCUT2D eigenvalue weighted by molar-refractivity contribution is 0.0703. The summed E-state index contributed by atoms with van der Waals surface area (Å²) in [4.78, 5) is 3.78. The second-order valence-electron chi connectivity index (χ2n) is 1.08. The van der Waals surface area contributed by atoms with Gasteiger partial charge >= 0.3 is 0 Å². The molecule has 0 rings (SSSR count). The van der Waals surface area contributed by atoms with Gasteiger partial charge in [-0.15, -0.1) is 0 Å². The van der Waals surface area contributed by atoms with E-state index in [9.17, 15) is 8.78 Å². The zero-order valence-electron chi connectivity index (χ0n) is 3.73. The van der Waals surface area contributed by atoms with Crippen LogP contribution in [0.15, 0.2) is 0 Å². The number of rotatable bonds is 3. The average molecular weight is 111 g/mol. The Bertz CT molecular complexity index is 43.9. The van der Waals surface area contributed by atoms with Crippen molar-refractivity contribution in [1.29, 1.82) is 0 Å². The van der Waals surface area contributed by atoms with Crippen LogP contribution in [-0.4, -0.2) is 19.5 Å². The molecule has 0 heterocycles. The molecule has 7 heavy (non-hydrogen) atoms. The highest BCUT2D eigenvalue weighted by Crippen LogP contribution is 1.88. The molecule has 0 amide bonds. The molecule has 0 bridgehead atoms. The van der Waals surface area contributed by atoms with Crippen LogP contribution in [0.2, 0.25) is 0 Å². The fraction of sp³-hybridized carbons (Fsp3) is 1.00. The third-order valence-electron chi connectivity index (χ3n) is 0.445. The first-order chi connectivity index (χ1) is 3.31. The monoisotopic (exact) mass is 111 g/mol. The highest BCUT2D eigenvalue weighted by Gasteiger charge is 2.02. The van der Waals surface area contributed by atoms with Gasteiger partial charge in [0.05, 0.1) is 0 Å². The van der Waals surface area contributed by atoms with Gasteiger partial charge in [0.15, 0.2) is 6.17 Å². The van der Waals surface area contributed by atoms with Crippen LogP contribution < -0.4 is 5.90 Å². The van der Waals surface area contributed by atoms with Crippen molar-refractivity contribution in [1.82, 2.24) is 0 Å². The van der Waals surface area contributed by atoms with E-state index in [2.05, 4.69) is 10.7 Å². The van der Waals surface area contributed by atoms with Crippen molar-refractivity contribution in [3.63, 3.8) is 0 Å².